The molecule has 0 aliphatic heterocycles. The van der Waals surface area contributed by atoms with E-state index in [0.717, 1.165) is 0 Å². The van der Waals surface area contributed by atoms with Crippen LogP contribution in [0.1, 0.15) is 40.0 Å². The van der Waals surface area contributed by atoms with Crippen LogP contribution in [-0.4, -0.2) is 28.6 Å². The van der Waals surface area contributed by atoms with Gasteiger partial charge in [0.05, 0.1) is 13.3 Å². The van der Waals surface area contributed by atoms with Gasteiger partial charge in [-0.05, 0) is 33.6 Å². The van der Waals surface area contributed by atoms with Gasteiger partial charge in [0.1, 0.15) is 16.1 Å². The van der Waals surface area contributed by atoms with Gasteiger partial charge in [-0.1, -0.05) is 4.40 Å². The van der Waals surface area contributed by atoms with Crippen LogP contribution in [-0.2, 0) is 20.9 Å². The monoisotopic (exact) mass is 233 g/mol. The lowest BCUT2D eigenvalue weighted by atomic mass is 10.2. The molecule has 0 spiro atoms. The highest BCUT2D eigenvalue weighted by Gasteiger charge is 2.25. The van der Waals surface area contributed by atoms with Crippen molar-refractivity contribution in [1.82, 2.24) is 0 Å². The third-order valence-electron chi connectivity index (χ3n) is 1.64. The van der Waals surface area contributed by atoms with Gasteiger partial charge in [0.2, 0.25) is 0 Å². The first-order valence-electron chi connectivity index (χ1n) is 4.89. The number of hydrogen-bond donors (Lipinski definition) is 0. The molecule has 5 heteroatoms. The van der Waals surface area contributed by atoms with E-state index in [1.165, 1.54) is 7.11 Å². The van der Waals surface area contributed by atoms with Gasteiger partial charge < -0.3 is 9.29 Å². The molecule has 0 rings (SSSR count). The van der Waals surface area contributed by atoms with Crippen LogP contribution in [0, 0.1) is 0 Å². The topological polar surface area (TPSA) is 61.7 Å². The molecule has 0 fully saturated rings. The van der Waals surface area contributed by atoms with Crippen molar-refractivity contribution in [2.75, 3.05) is 7.11 Å². The van der Waals surface area contributed by atoms with Crippen molar-refractivity contribution in [2.24, 2.45) is 4.40 Å². The summed E-state index contributed by atoms with van der Waals surface area (Å²) in [4.78, 5) is 10.7. The van der Waals surface area contributed by atoms with E-state index in [-0.39, 0.29) is 10.7 Å². The summed E-state index contributed by atoms with van der Waals surface area (Å²) in [5, 5.41) is 0. The minimum atomic E-state index is -1.20. The number of carbonyl (C=O) groups excluding carboxylic acids is 1. The zero-order valence-corrected chi connectivity index (χ0v) is 10.6. The standard InChI is InChI=1S/C10H19NO3S/c1-10(2,3)15(13)11-8-6-5-7-9(12)14-4/h8H,5-7H2,1-4H3. The smallest absolute Gasteiger partial charge is 0.305 e. The fraction of sp³-hybridized carbons (Fsp3) is 0.800. The first-order valence-corrected chi connectivity index (χ1v) is 6.00. The summed E-state index contributed by atoms with van der Waals surface area (Å²) < 4.78 is 19.5. The van der Waals surface area contributed by atoms with Gasteiger partial charge >= 0.3 is 5.97 Å². The highest BCUT2D eigenvalue weighted by molar-refractivity contribution is 7.91. The third kappa shape index (κ3) is 7.39. The first kappa shape index (κ1) is 14.5. The van der Waals surface area contributed by atoms with E-state index in [1.54, 1.807) is 6.21 Å². The van der Waals surface area contributed by atoms with Crippen LogP contribution in [0.15, 0.2) is 4.40 Å². The van der Waals surface area contributed by atoms with Crippen LogP contribution in [0.25, 0.3) is 0 Å². The lowest BCUT2D eigenvalue weighted by Crippen LogP contribution is -2.25. The average Bonchev–Trinajstić information content (AvgIpc) is 2.15. The Balaban J connectivity index is 3.68. The van der Waals surface area contributed by atoms with Crippen molar-refractivity contribution < 1.29 is 14.1 Å². The number of rotatable bonds is 5. The van der Waals surface area contributed by atoms with Crippen LogP contribution in [0.4, 0.5) is 0 Å². The SMILES string of the molecule is COC(=O)CCCC=N[S+]([O-])C(C)(C)C. The molecule has 88 valence electrons. The number of ether oxygens (including phenoxy) is 1. The molecular formula is C10H19NO3S. The number of unbranched alkanes of at least 4 members (excludes halogenated alkanes) is 1. The second kappa shape index (κ2) is 6.85. The van der Waals surface area contributed by atoms with Crippen LogP contribution in [0.2, 0.25) is 0 Å². The largest absolute Gasteiger partial charge is 0.591 e. The maximum Gasteiger partial charge on any atom is 0.305 e. The van der Waals surface area contributed by atoms with E-state index >= 15 is 0 Å². The average molecular weight is 233 g/mol. The molecule has 0 radical (unpaired) electrons. The first-order chi connectivity index (χ1) is 6.88. The van der Waals surface area contributed by atoms with Crippen molar-refractivity contribution in [3.63, 3.8) is 0 Å². The number of carbonyl (C=O) groups is 1. The Morgan fingerprint density at radius 2 is 2.13 bits per heavy atom. The molecule has 0 amide bonds. The zero-order valence-electron chi connectivity index (χ0n) is 9.78. The predicted octanol–water partition coefficient (Wildman–Crippen LogP) is 1.86. The number of methoxy groups -OCH3 is 1. The maximum atomic E-state index is 11.4. The number of esters is 1. The lowest BCUT2D eigenvalue weighted by molar-refractivity contribution is -0.140. The van der Waals surface area contributed by atoms with E-state index in [1.807, 2.05) is 20.8 Å². The van der Waals surface area contributed by atoms with E-state index < -0.39 is 11.4 Å². The Kier molecular flexibility index (Phi) is 6.60. The second-order valence-corrected chi connectivity index (χ2v) is 6.05. The lowest BCUT2D eigenvalue weighted by Gasteiger charge is -2.17. The highest BCUT2D eigenvalue weighted by Crippen LogP contribution is 2.16. The third-order valence-corrected chi connectivity index (χ3v) is 3.02. The zero-order chi connectivity index (χ0) is 11.9. The van der Waals surface area contributed by atoms with Crippen LogP contribution in [0.3, 0.4) is 0 Å². The number of hydrogen-bond acceptors (Lipinski definition) is 4. The molecule has 0 saturated carbocycles. The molecule has 1 unspecified atom stereocenters. The number of nitrogens with zero attached hydrogens (tertiary/aromatic N) is 1. The Bertz CT molecular complexity index is 223. The Morgan fingerprint density at radius 3 is 2.60 bits per heavy atom. The summed E-state index contributed by atoms with van der Waals surface area (Å²) in [6.45, 7) is 5.61. The van der Waals surface area contributed by atoms with E-state index in [9.17, 15) is 9.35 Å². The molecule has 0 aromatic carbocycles. The molecule has 15 heavy (non-hydrogen) atoms. The minimum Gasteiger partial charge on any atom is -0.591 e. The summed E-state index contributed by atoms with van der Waals surface area (Å²) in [5.41, 5.74) is 0. The van der Waals surface area contributed by atoms with Gasteiger partial charge in [0, 0.05) is 6.42 Å². The van der Waals surface area contributed by atoms with Crippen LogP contribution in [0.5, 0.6) is 0 Å². The van der Waals surface area contributed by atoms with Gasteiger partial charge in [-0.3, -0.25) is 4.79 Å². The quantitative estimate of drug-likeness (QED) is 0.315. The summed E-state index contributed by atoms with van der Waals surface area (Å²) in [5.74, 6) is -0.222. The molecule has 0 aliphatic carbocycles. The molecule has 1 atom stereocenters. The van der Waals surface area contributed by atoms with Crippen molar-refractivity contribution >= 4 is 23.5 Å². The van der Waals surface area contributed by atoms with Gasteiger partial charge in [-0.25, -0.2) is 0 Å². The fourth-order valence-electron chi connectivity index (χ4n) is 0.718. The van der Waals surface area contributed by atoms with E-state index in [0.29, 0.717) is 19.3 Å². The van der Waals surface area contributed by atoms with E-state index in [2.05, 4.69) is 9.13 Å². The molecule has 0 heterocycles. The van der Waals surface area contributed by atoms with Crippen molar-refractivity contribution in [1.29, 1.82) is 0 Å². The molecular weight excluding hydrogens is 214 g/mol. The van der Waals surface area contributed by atoms with Gasteiger partial charge in [-0.15, -0.1) is 0 Å². The summed E-state index contributed by atoms with van der Waals surface area (Å²) in [6, 6.07) is 0. The molecule has 0 N–H and O–H groups in total. The molecule has 4 nitrogen and oxygen atoms in total. The highest BCUT2D eigenvalue weighted by atomic mass is 32.2. The van der Waals surface area contributed by atoms with E-state index in [4.69, 9.17) is 0 Å². The van der Waals surface area contributed by atoms with Crippen LogP contribution >= 0.6 is 0 Å². The molecule has 0 saturated heterocycles. The second-order valence-electron chi connectivity index (χ2n) is 4.12. The summed E-state index contributed by atoms with van der Waals surface area (Å²) in [7, 11) is 1.37. The Morgan fingerprint density at radius 1 is 1.53 bits per heavy atom. The van der Waals surface area contributed by atoms with Crippen molar-refractivity contribution in [2.45, 2.75) is 44.8 Å². The van der Waals surface area contributed by atoms with Gasteiger partial charge in [0.25, 0.3) is 0 Å². The van der Waals surface area contributed by atoms with Crippen molar-refractivity contribution in [3.8, 4) is 0 Å². The molecule has 0 aromatic heterocycles. The van der Waals surface area contributed by atoms with Gasteiger partial charge in [-0.2, -0.15) is 0 Å². The summed E-state index contributed by atoms with van der Waals surface area (Å²) in [6.07, 6.45) is 3.32. The minimum absolute atomic E-state index is 0.222. The summed E-state index contributed by atoms with van der Waals surface area (Å²) >= 11 is -1.20. The molecule has 0 bridgehead atoms. The fourth-order valence-corrected chi connectivity index (χ4v) is 1.28. The predicted molar refractivity (Wildman–Crippen MR) is 62.3 cm³/mol. The van der Waals surface area contributed by atoms with Gasteiger partial charge in [0.15, 0.2) is 0 Å². The molecule has 0 aliphatic rings. The Hall–Kier alpha value is -0.550. The van der Waals surface area contributed by atoms with Crippen molar-refractivity contribution in [3.05, 3.63) is 0 Å². The maximum absolute atomic E-state index is 11.4. The molecule has 0 aromatic rings. The van der Waals surface area contributed by atoms with Crippen LogP contribution < -0.4 is 0 Å². The normalized spacial score (nSPS) is 14.2. The Labute approximate surface area is 94.4 Å².